The molecule has 1 rings (SSSR count). The number of ether oxygens (including phenoxy) is 1. The molecule has 0 unspecified atom stereocenters. The number of rotatable bonds is 2. The van der Waals surface area contributed by atoms with E-state index in [1.165, 1.54) is 0 Å². The van der Waals surface area contributed by atoms with E-state index in [1.807, 2.05) is 0 Å². The molecular weight excluding hydrogens is 270 g/mol. The molecule has 102 valence electrons. The molecule has 0 heterocycles. The van der Waals surface area contributed by atoms with Gasteiger partial charge in [-0.15, -0.1) is 0 Å². The minimum Gasteiger partial charge on any atom is -0.508 e. The molecule has 18 heavy (non-hydrogen) atoms. The summed E-state index contributed by atoms with van der Waals surface area (Å²) in [5.74, 6) is -6.59. The third-order valence-corrected chi connectivity index (χ3v) is 1.87. The van der Waals surface area contributed by atoms with Gasteiger partial charge in [0.05, 0.1) is 0 Å². The molecule has 0 aliphatic heterocycles. The Bertz CT molecular complexity index is 394. The highest BCUT2D eigenvalue weighted by atomic mass is 19.4. The van der Waals surface area contributed by atoms with Crippen LogP contribution in [0.4, 0.5) is 26.3 Å². The molecule has 2 N–H and O–H groups in total. The molecule has 0 aliphatic rings. The first kappa shape index (κ1) is 14.4. The van der Waals surface area contributed by atoms with Crippen LogP contribution in [-0.4, -0.2) is 28.4 Å². The maximum Gasteiger partial charge on any atom is 0.465 e. The van der Waals surface area contributed by atoms with Crippen molar-refractivity contribution in [2.75, 3.05) is 0 Å². The predicted octanol–water partition coefficient (Wildman–Crippen LogP) is 2.58. The van der Waals surface area contributed by atoms with Crippen LogP contribution in [0.3, 0.4) is 0 Å². The van der Waals surface area contributed by atoms with Crippen LogP contribution in [0.25, 0.3) is 0 Å². The number of hydrogen-bond donors (Lipinski definition) is 2. The summed E-state index contributed by atoms with van der Waals surface area (Å²) in [5, 5.41) is 17.5. The zero-order valence-electron chi connectivity index (χ0n) is 8.38. The van der Waals surface area contributed by atoms with Gasteiger partial charge in [0.15, 0.2) is 0 Å². The Labute approximate surface area is 96.2 Å². The second-order valence-electron chi connectivity index (χ2n) is 3.24. The Morgan fingerprint density at radius 2 is 1.22 bits per heavy atom. The smallest absolute Gasteiger partial charge is 0.465 e. The third-order valence-electron chi connectivity index (χ3n) is 1.87. The fourth-order valence-corrected chi connectivity index (χ4v) is 0.961. The predicted molar refractivity (Wildman–Crippen MR) is 45.8 cm³/mol. The topological polar surface area (TPSA) is 49.7 Å². The fraction of sp³-hybridized carbons (Fsp3) is 0.333. The van der Waals surface area contributed by atoms with Crippen molar-refractivity contribution in [2.24, 2.45) is 0 Å². The molecule has 0 radical (unpaired) electrons. The molecular formula is C9H6F6O3. The van der Waals surface area contributed by atoms with E-state index in [2.05, 4.69) is 4.74 Å². The van der Waals surface area contributed by atoms with Crippen LogP contribution in [-0.2, 0) is 0 Å². The molecule has 3 nitrogen and oxygen atoms in total. The van der Waals surface area contributed by atoms with Gasteiger partial charge < -0.3 is 14.9 Å². The summed E-state index contributed by atoms with van der Waals surface area (Å²) in [7, 11) is 0. The minimum atomic E-state index is -6.07. The fourth-order valence-electron chi connectivity index (χ4n) is 0.961. The average Bonchev–Trinajstić information content (AvgIpc) is 2.18. The van der Waals surface area contributed by atoms with Gasteiger partial charge in [-0.05, 0) is 24.3 Å². The number of phenols is 1. The molecule has 1 aromatic rings. The van der Waals surface area contributed by atoms with Gasteiger partial charge >= 0.3 is 18.1 Å². The first-order chi connectivity index (χ1) is 7.97. The Morgan fingerprint density at radius 1 is 0.833 bits per heavy atom. The lowest BCUT2D eigenvalue weighted by molar-refractivity contribution is -0.433. The summed E-state index contributed by atoms with van der Waals surface area (Å²) in [6.45, 7) is 0. The van der Waals surface area contributed by atoms with Crippen molar-refractivity contribution in [3.05, 3.63) is 24.3 Å². The van der Waals surface area contributed by atoms with Gasteiger partial charge in [-0.2, -0.15) is 26.3 Å². The summed E-state index contributed by atoms with van der Waals surface area (Å²) in [5.41, 5.74) is 0. The van der Waals surface area contributed by atoms with E-state index in [0.717, 1.165) is 12.1 Å². The maximum atomic E-state index is 12.2. The summed E-state index contributed by atoms with van der Waals surface area (Å²) in [4.78, 5) is 0. The number of alkyl halides is 6. The van der Waals surface area contributed by atoms with Crippen molar-refractivity contribution in [3.63, 3.8) is 0 Å². The van der Waals surface area contributed by atoms with Gasteiger partial charge in [0, 0.05) is 0 Å². The summed E-state index contributed by atoms with van der Waals surface area (Å²) < 4.78 is 76.9. The van der Waals surface area contributed by atoms with Crippen LogP contribution < -0.4 is 4.74 Å². The number of benzene rings is 1. The number of aromatic hydroxyl groups is 1. The zero-order chi connectivity index (χ0) is 14.2. The summed E-state index contributed by atoms with van der Waals surface area (Å²) in [6, 6.07) is 2.92. The number of phenolic OH excluding ortho intramolecular Hbond substituents is 1. The van der Waals surface area contributed by atoms with Gasteiger partial charge in [0.25, 0.3) is 0 Å². The van der Waals surface area contributed by atoms with Gasteiger partial charge in [-0.3, -0.25) is 0 Å². The maximum absolute atomic E-state index is 12.2. The van der Waals surface area contributed by atoms with Crippen LogP contribution in [0.2, 0.25) is 0 Å². The van der Waals surface area contributed by atoms with Crippen molar-refractivity contribution < 1.29 is 41.3 Å². The molecule has 0 saturated heterocycles. The van der Waals surface area contributed by atoms with E-state index in [4.69, 9.17) is 10.2 Å². The van der Waals surface area contributed by atoms with Crippen LogP contribution in [0, 0.1) is 0 Å². The molecule has 0 bridgehead atoms. The molecule has 0 saturated carbocycles. The molecule has 0 amide bonds. The number of hydrogen-bond acceptors (Lipinski definition) is 3. The molecule has 0 atom stereocenters. The number of halogens is 6. The molecule has 0 fully saturated rings. The van der Waals surface area contributed by atoms with Gasteiger partial charge in [-0.1, -0.05) is 0 Å². The van der Waals surface area contributed by atoms with Crippen molar-refractivity contribution in [1.29, 1.82) is 0 Å². The van der Waals surface area contributed by atoms with E-state index in [1.54, 1.807) is 0 Å². The van der Waals surface area contributed by atoms with Crippen molar-refractivity contribution in [1.82, 2.24) is 0 Å². The Balaban J connectivity index is 3.12. The van der Waals surface area contributed by atoms with E-state index in [0.29, 0.717) is 12.1 Å². The van der Waals surface area contributed by atoms with Crippen LogP contribution in [0.5, 0.6) is 11.5 Å². The minimum absolute atomic E-state index is 0.384. The molecule has 0 aliphatic carbocycles. The van der Waals surface area contributed by atoms with Crippen molar-refractivity contribution >= 4 is 0 Å². The van der Waals surface area contributed by atoms with Crippen molar-refractivity contribution in [3.8, 4) is 11.5 Å². The lowest BCUT2D eigenvalue weighted by atomic mass is 10.2. The van der Waals surface area contributed by atoms with E-state index in [9.17, 15) is 26.3 Å². The van der Waals surface area contributed by atoms with Crippen LogP contribution >= 0.6 is 0 Å². The summed E-state index contributed by atoms with van der Waals surface area (Å²) >= 11 is 0. The van der Waals surface area contributed by atoms with Crippen LogP contribution in [0.1, 0.15) is 0 Å². The van der Waals surface area contributed by atoms with Gasteiger partial charge in [-0.25, -0.2) is 0 Å². The second kappa shape index (κ2) is 4.23. The number of aliphatic hydroxyl groups is 1. The Hall–Kier alpha value is -1.64. The normalized spacial score (nSPS) is 13.5. The highest BCUT2D eigenvalue weighted by Gasteiger charge is 2.74. The van der Waals surface area contributed by atoms with E-state index < -0.39 is 23.9 Å². The molecule has 9 heteroatoms. The third kappa shape index (κ3) is 2.61. The lowest BCUT2D eigenvalue weighted by Gasteiger charge is -2.32. The standard InChI is InChI=1S/C9H6F6O3/c10-8(11,12)7(17,9(13,14)15)18-6-3-1-5(16)2-4-6/h1-4,16-17H. The van der Waals surface area contributed by atoms with Crippen molar-refractivity contribution in [2.45, 2.75) is 18.1 Å². The molecule has 0 spiro atoms. The van der Waals surface area contributed by atoms with E-state index in [-0.39, 0.29) is 5.75 Å². The highest BCUT2D eigenvalue weighted by Crippen LogP contribution is 2.44. The zero-order valence-corrected chi connectivity index (χ0v) is 8.38. The van der Waals surface area contributed by atoms with Crippen LogP contribution in [0.15, 0.2) is 24.3 Å². The second-order valence-corrected chi connectivity index (χ2v) is 3.24. The van der Waals surface area contributed by atoms with Gasteiger partial charge in [0.1, 0.15) is 11.5 Å². The SMILES string of the molecule is Oc1ccc(OC(O)(C(F)(F)F)C(F)(F)F)cc1. The Morgan fingerprint density at radius 3 is 1.56 bits per heavy atom. The summed E-state index contributed by atoms with van der Waals surface area (Å²) in [6.07, 6.45) is -12.1. The lowest BCUT2D eigenvalue weighted by Crippen LogP contribution is -2.61. The molecule has 1 aromatic carbocycles. The first-order valence-electron chi connectivity index (χ1n) is 4.31. The average molecular weight is 276 g/mol. The highest BCUT2D eigenvalue weighted by molar-refractivity contribution is 5.30. The van der Waals surface area contributed by atoms with Gasteiger partial charge in [0.2, 0.25) is 0 Å². The van der Waals surface area contributed by atoms with E-state index >= 15 is 0 Å². The monoisotopic (exact) mass is 276 g/mol. The largest absolute Gasteiger partial charge is 0.508 e. The quantitative estimate of drug-likeness (QED) is 0.644. The first-order valence-corrected chi connectivity index (χ1v) is 4.31. The molecule has 0 aromatic heterocycles. The Kier molecular flexibility index (Phi) is 3.39.